The molecule has 0 radical (unpaired) electrons. The van der Waals surface area contributed by atoms with E-state index >= 15 is 0 Å². The van der Waals surface area contributed by atoms with Crippen molar-refractivity contribution in [2.45, 2.75) is 45.4 Å². The average molecular weight is 266 g/mol. The first kappa shape index (κ1) is 9.82. The number of halogens is 1. The second-order valence-corrected chi connectivity index (χ2v) is 4.71. The van der Waals surface area contributed by atoms with E-state index in [4.69, 9.17) is 0 Å². The molecule has 0 heterocycles. The van der Waals surface area contributed by atoms with Crippen molar-refractivity contribution in [1.29, 1.82) is 0 Å². The van der Waals surface area contributed by atoms with Crippen LogP contribution in [0.4, 0.5) is 0 Å². The standard InChI is InChI=1S/C10H19I/c1-2-3-9-4-6-10(8-11)7-5-9/h9-10H,2-8H2,1H3/t9-,10-. The van der Waals surface area contributed by atoms with Gasteiger partial charge in [0.2, 0.25) is 0 Å². The molecule has 0 spiro atoms. The zero-order valence-electron chi connectivity index (χ0n) is 7.48. The minimum absolute atomic E-state index is 1.06. The lowest BCUT2D eigenvalue weighted by molar-refractivity contribution is 0.281. The first-order valence-electron chi connectivity index (χ1n) is 4.92. The maximum absolute atomic E-state index is 2.54. The van der Waals surface area contributed by atoms with Crippen LogP contribution in [0, 0.1) is 11.8 Å². The zero-order valence-corrected chi connectivity index (χ0v) is 9.64. The molecule has 0 aromatic rings. The summed E-state index contributed by atoms with van der Waals surface area (Å²) in [6, 6.07) is 0. The second kappa shape index (κ2) is 5.39. The Kier molecular flexibility index (Phi) is 4.81. The van der Waals surface area contributed by atoms with Crippen LogP contribution in [0.5, 0.6) is 0 Å². The fourth-order valence-corrected chi connectivity index (χ4v) is 2.96. The van der Waals surface area contributed by atoms with Gasteiger partial charge in [0.25, 0.3) is 0 Å². The fraction of sp³-hybridized carbons (Fsp3) is 1.00. The van der Waals surface area contributed by atoms with Gasteiger partial charge < -0.3 is 0 Å². The Hall–Kier alpha value is 0.730. The van der Waals surface area contributed by atoms with Gasteiger partial charge >= 0.3 is 0 Å². The average Bonchev–Trinajstić information content (AvgIpc) is 2.07. The first-order chi connectivity index (χ1) is 5.36. The van der Waals surface area contributed by atoms with Crippen LogP contribution in [-0.4, -0.2) is 4.43 Å². The molecule has 0 atom stereocenters. The highest BCUT2D eigenvalue weighted by Gasteiger charge is 2.18. The summed E-state index contributed by atoms with van der Waals surface area (Å²) in [6.45, 7) is 2.31. The van der Waals surface area contributed by atoms with Crippen molar-refractivity contribution in [3.63, 3.8) is 0 Å². The minimum atomic E-state index is 1.06. The summed E-state index contributed by atoms with van der Waals surface area (Å²) in [4.78, 5) is 0. The molecule has 11 heavy (non-hydrogen) atoms. The fourth-order valence-electron chi connectivity index (χ4n) is 2.08. The highest BCUT2D eigenvalue weighted by molar-refractivity contribution is 14.1. The van der Waals surface area contributed by atoms with E-state index in [-0.39, 0.29) is 0 Å². The highest BCUT2D eigenvalue weighted by atomic mass is 127. The zero-order chi connectivity index (χ0) is 8.10. The second-order valence-electron chi connectivity index (χ2n) is 3.83. The van der Waals surface area contributed by atoms with Gasteiger partial charge in [-0.1, -0.05) is 55.2 Å². The van der Waals surface area contributed by atoms with Crippen molar-refractivity contribution < 1.29 is 0 Å². The van der Waals surface area contributed by atoms with Crippen molar-refractivity contribution in [2.75, 3.05) is 4.43 Å². The maximum atomic E-state index is 2.54. The van der Waals surface area contributed by atoms with Gasteiger partial charge in [-0.3, -0.25) is 0 Å². The van der Waals surface area contributed by atoms with Gasteiger partial charge in [0.05, 0.1) is 0 Å². The molecule has 0 N–H and O–H groups in total. The van der Waals surface area contributed by atoms with Crippen LogP contribution >= 0.6 is 22.6 Å². The van der Waals surface area contributed by atoms with Crippen LogP contribution in [0.15, 0.2) is 0 Å². The van der Waals surface area contributed by atoms with E-state index in [0.717, 1.165) is 11.8 Å². The lowest BCUT2D eigenvalue weighted by Crippen LogP contribution is -2.15. The Balaban J connectivity index is 2.14. The Morgan fingerprint density at radius 1 is 1.09 bits per heavy atom. The predicted molar refractivity (Wildman–Crippen MR) is 59.2 cm³/mol. The third kappa shape index (κ3) is 3.30. The monoisotopic (exact) mass is 266 g/mol. The molecule has 66 valence electrons. The Morgan fingerprint density at radius 2 is 1.64 bits per heavy atom. The van der Waals surface area contributed by atoms with Crippen molar-refractivity contribution in [3.05, 3.63) is 0 Å². The molecule has 0 amide bonds. The van der Waals surface area contributed by atoms with Gasteiger partial charge in [0.1, 0.15) is 0 Å². The van der Waals surface area contributed by atoms with Crippen LogP contribution in [0.2, 0.25) is 0 Å². The Bertz CT molecular complexity index is 93.0. The Morgan fingerprint density at radius 3 is 2.09 bits per heavy atom. The lowest BCUT2D eigenvalue weighted by Gasteiger charge is -2.26. The SMILES string of the molecule is CCC[C@H]1CC[C@H](CI)CC1. The summed E-state index contributed by atoms with van der Waals surface area (Å²) in [6.07, 6.45) is 8.91. The van der Waals surface area contributed by atoms with Crippen LogP contribution in [0.3, 0.4) is 0 Å². The lowest BCUT2D eigenvalue weighted by atomic mass is 9.81. The topological polar surface area (TPSA) is 0 Å². The van der Waals surface area contributed by atoms with E-state index < -0.39 is 0 Å². The highest BCUT2D eigenvalue weighted by Crippen LogP contribution is 2.32. The first-order valence-corrected chi connectivity index (χ1v) is 6.45. The molecule has 1 heteroatoms. The molecule has 1 aliphatic carbocycles. The van der Waals surface area contributed by atoms with E-state index in [2.05, 4.69) is 29.5 Å². The van der Waals surface area contributed by atoms with Crippen LogP contribution < -0.4 is 0 Å². The van der Waals surface area contributed by atoms with Gasteiger partial charge in [-0.2, -0.15) is 0 Å². The summed E-state index contributed by atoms with van der Waals surface area (Å²) in [5.74, 6) is 2.14. The van der Waals surface area contributed by atoms with E-state index in [1.165, 1.54) is 43.0 Å². The van der Waals surface area contributed by atoms with Crippen molar-refractivity contribution in [1.82, 2.24) is 0 Å². The molecular weight excluding hydrogens is 247 g/mol. The number of alkyl halides is 1. The molecule has 1 fully saturated rings. The molecule has 1 saturated carbocycles. The number of hydrogen-bond acceptors (Lipinski definition) is 0. The molecule has 1 rings (SSSR count). The third-order valence-corrected chi connectivity index (χ3v) is 4.13. The molecule has 0 aliphatic heterocycles. The summed E-state index contributed by atoms with van der Waals surface area (Å²) in [5.41, 5.74) is 0. The number of rotatable bonds is 3. The summed E-state index contributed by atoms with van der Waals surface area (Å²) in [5, 5.41) is 0. The van der Waals surface area contributed by atoms with Gasteiger partial charge in [-0.25, -0.2) is 0 Å². The van der Waals surface area contributed by atoms with Gasteiger partial charge in [-0.15, -0.1) is 0 Å². The minimum Gasteiger partial charge on any atom is -0.0861 e. The van der Waals surface area contributed by atoms with E-state index in [1.54, 1.807) is 0 Å². The largest absolute Gasteiger partial charge is 0.0861 e. The molecule has 0 saturated heterocycles. The molecule has 0 aromatic heterocycles. The predicted octanol–water partition coefficient (Wildman–Crippen LogP) is 4.03. The quantitative estimate of drug-likeness (QED) is 0.534. The Labute approximate surface area is 84.3 Å². The van der Waals surface area contributed by atoms with Gasteiger partial charge in [0, 0.05) is 4.43 Å². The van der Waals surface area contributed by atoms with E-state index in [1.807, 2.05) is 0 Å². The van der Waals surface area contributed by atoms with Gasteiger partial charge in [-0.05, 0) is 24.7 Å². The molecule has 0 bridgehead atoms. The van der Waals surface area contributed by atoms with Crippen molar-refractivity contribution in [3.8, 4) is 0 Å². The van der Waals surface area contributed by atoms with E-state index in [9.17, 15) is 0 Å². The smallest absolute Gasteiger partial charge is 0.00237 e. The summed E-state index contributed by atoms with van der Waals surface area (Å²) in [7, 11) is 0. The molecule has 0 aromatic carbocycles. The van der Waals surface area contributed by atoms with Crippen LogP contribution in [0.25, 0.3) is 0 Å². The summed E-state index contributed by atoms with van der Waals surface area (Å²) >= 11 is 2.54. The third-order valence-electron chi connectivity index (χ3n) is 2.88. The number of hydrogen-bond donors (Lipinski definition) is 0. The normalized spacial score (nSPS) is 32.2. The molecule has 0 unspecified atom stereocenters. The van der Waals surface area contributed by atoms with Gasteiger partial charge in [0.15, 0.2) is 0 Å². The molecular formula is C10H19I. The van der Waals surface area contributed by atoms with Crippen molar-refractivity contribution >= 4 is 22.6 Å². The maximum Gasteiger partial charge on any atom is 0.00237 e. The van der Waals surface area contributed by atoms with Crippen LogP contribution in [0.1, 0.15) is 45.4 Å². The van der Waals surface area contributed by atoms with E-state index in [0.29, 0.717) is 0 Å². The summed E-state index contributed by atoms with van der Waals surface area (Å²) < 4.78 is 1.39. The van der Waals surface area contributed by atoms with Crippen LogP contribution in [-0.2, 0) is 0 Å². The van der Waals surface area contributed by atoms with Crippen molar-refractivity contribution in [2.24, 2.45) is 11.8 Å². The molecule has 0 nitrogen and oxygen atoms in total. The molecule has 1 aliphatic rings.